The quantitative estimate of drug-likeness (QED) is 0.717. The highest BCUT2D eigenvalue weighted by Gasteiger charge is 2.18. The topological polar surface area (TPSA) is 29.5 Å². The molecule has 0 aliphatic rings. The molecule has 112 valence electrons. The highest BCUT2D eigenvalue weighted by molar-refractivity contribution is 6.00. The zero-order valence-electron chi connectivity index (χ0n) is 13.6. The number of ketones is 1. The van der Waals surface area contributed by atoms with E-state index in [9.17, 15) is 4.79 Å². The zero-order chi connectivity index (χ0) is 15.3. The predicted molar refractivity (Wildman–Crippen MR) is 83.6 cm³/mol. The maximum Gasteiger partial charge on any atom is 0.177 e. The number of Topliss-reactive ketones (excluding diaryl/α,β-unsaturated/α-hetero) is 1. The molecule has 0 atom stereocenters. The van der Waals surface area contributed by atoms with E-state index in [2.05, 4.69) is 37.8 Å². The van der Waals surface area contributed by atoms with Gasteiger partial charge in [0.1, 0.15) is 0 Å². The summed E-state index contributed by atoms with van der Waals surface area (Å²) in [5.74, 6) is 0.199. The normalized spacial score (nSPS) is 11.4. The van der Waals surface area contributed by atoms with Gasteiger partial charge in [0.25, 0.3) is 0 Å². The lowest BCUT2D eigenvalue weighted by atomic mass is 9.96. The Morgan fingerprint density at radius 3 is 2.20 bits per heavy atom. The van der Waals surface area contributed by atoms with Gasteiger partial charge in [0.2, 0.25) is 0 Å². The Labute approximate surface area is 122 Å². The van der Waals surface area contributed by atoms with Crippen molar-refractivity contribution in [2.24, 2.45) is 0 Å². The maximum atomic E-state index is 12.6. The smallest absolute Gasteiger partial charge is 0.177 e. The Bertz CT molecular complexity index is 443. The van der Waals surface area contributed by atoms with Crippen LogP contribution in [0.25, 0.3) is 0 Å². The molecule has 0 heterocycles. The summed E-state index contributed by atoms with van der Waals surface area (Å²) in [4.78, 5) is 14.8. The third-order valence-corrected chi connectivity index (χ3v) is 3.62. The monoisotopic (exact) mass is 277 g/mol. The average Bonchev–Trinajstić information content (AvgIpc) is 2.32. The van der Waals surface area contributed by atoms with Crippen LogP contribution in [0.2, 0.25) is 0 Å². The number of carbonyl (C=O) groups excluding carboxylic acids is 1. The van der Waals surface area contributed by atoms with Gasteiger partial charge in [0, 0.05) is 25.3 Å². The summed E-state index contributed by atoms with van der Waals surface area (Å²) < 4.78 is 5.12. The Kier molecular flexibility index (Phi) is 6.37. The fraction of sp³-hybridized carbons (Fsp3) is 0.588. The third-order valence-electron chi connectivity index (χ3n) is 3.62. The summed E-state index contributed by atoms with van der Waals surface area (Å²) in [5, 5.41) is 0. The van der Waals surface area contributed by atoms with E-state index in [0.29, 0.717) is 19.2 Å². The molecule has 0 saturated carbocycles. The number of hydrogen-bond donors (Lipinski definition) is 0. The van der Waals surface area contributed by atoms with Crippen LogP contribution in [0.4, 0.5) is 0 Å². The number of nitrogens with zero attached hydrogens (tertiary/aromatic N) is 1. The summed E-state index contributed by atoms with van der Waals surface area (Å²) in [7, 11) is 1.69. The van der Waals surface area contributed by atoms with Gasteiger partial charge in [-0.05, 0) is 45.7 Å². The van der Waals surface area contributed by atoms with Crippen LogP contribution in [0.15, 0.2) is 12.1 Å². The molecule has 1 aromatic carbocycles. The summed E-state index contributed by atoms with van der Waals surface area (Å²) in [6.45, 7) is 12.2. The van der Waals surface area contributed by atoms with Crippen LogP contribution < -0.4 is 0 Å². The number of carbonyl (C=O) groups is 1. The van der Waals surface area contributed by atoms with E-state index in [-0.39, 0.29) is 5.78 Å². The SMILES string of the molecule is COCCN(CC(=O)c1c(C)cc(C)cc1C)C(C)C. The molecule has 0 aliphatic heterocycles. The molecule has 0 N–H and O–H groups in total. The van der Waals surface area contributed by atoms with Crippen molar-refractivity contribution in [3.63, 3.8) is 0 Å². The molecule has 0 aromatic heterocycles. The minimum atomic E-state index is 0.199. The Morgan fingerprint density at radius 2 is 1.75 bits per heavy atom. The number of ether oxygens (including phenoxy) is 1. The second-order valence-corrected chi connectivity index (χ2v) is 5.75. The van der Waals surface area contributed by atoms with Crippen molar-refractivity contribution in [1.29, 1.82) is 0 Å². The highest BCUT2D eigenvalue weighted by atomic mass is 16.5. The molecule has 3 nitrogen and oxygen atoms in total. The molecular weight excluding hydrogens is 250 g/mol. The van der Waals surface area contributed by atoms with Crippen molar-refractivity contribution in [2.75, 3.05) is 26.8 Å². The first-order valence-electron chi connectivity index (χ1n) is 7.20. The summed E-state index contributed by atoms with van der Waals surface area (Å²) in [6.07, 6.45) is 0. The minimum Gasteiger partial charge on any atom is -0.383 e. The van der Waals surface area contributed by atoms with Crippen LogP contribution in [0.3, 0.4) is 0 Å². The minimum absolute atomic E-state index is 0.199. The van der Waals surface area contributed by atoms with E-state index in [1.54, 1.807) is 7.11 Å². The molecule has 0 unspecified atom stereocenters. The molecule has 3 heteroatoms. The van der Waals surface area contributed by atoms with Gasteiger partial charge in [0.05, 0.1) is 13.2 Å². The lowest BCUT2D eigenvalue weighted by Gasteiger charge is -2.26. The largest absolute Gasteiger partial charge is 0.383 e. The molecule has 1 rings (SSSR count). The number of benzene rings is 1. The lowest BCUT2D eigenvalue weighted by molar-refractivity contribution is 0.0851. The van der Waals surface area contributed by atoms with Gasteiger partial charge in [-0.1, -0.05) is 17.7 Å². The predicted octanol–water partition coefficient (Wildman–Crippen LogP) is 3.15. The summed E-state index contributed by atoms with van der Waals surface area (Å²) >= 11 is 0. The van der Waals surface area contributed by atoms with Gasteiger partial charge in [-0.15, -0.1) is 0 Å². The van der Waals surface area contributed by atoms with E-state index in [1.165, 1.54) is 5.56 Å². The molecule has 1 aromatic rings. The Balaban J connectivity index is 2.89. The van der Waals surface area contributed by atoms with Crippen LogP contribution in [0, 0.1) is 20.8 Å². The Hall–Kier alpha value is -1.19. The second kappa shape index (κ2) is 7.55. The lowest BCUT2D eigenvalue weighted by Crippen LogP contribution is -2.38. The van der Waals surface area contributed by atoms with Crippen molar-refractivity contribution in [3.8, 4) is 0 Å². The van der Waals surface area contributed by atoms with Crippen LogP contribution >= 0.6 is 0 Å². The van der Waals surface area contributed by atoms with E-state index in [0.717, 1.165) is 23.2 Å². The first-order chi connectivity index (χ1) is 9.36. The van der Waals surface area contributed by atoms with Crippen LogP contribution in [-0.2, 0) is 4.74 Å². The summed E-state index contributed by atoms with van der Waals surface area (Å²) in [5.41, 5.74) is 4.22. The van der Waals surface area contributed by atoms with Crippen molar-refractivity contribution in [1.82, 2.24) is 4.90 Å². The second-order valence-electron chi connectivity index (χ2n) is 5.75. The molecule has 20 heavy (non-hydrogen) atoms. The van der Waals surface area contributed by atoms with Crippen molar-refractivity contribution in [3.05, 3.63) is 34.4 Å². The zero-order valence-corrected chi connectivity index (χ0v) is 13.6. The van der Waals surface area contributed by atoms with Crippen LogP contribution in [0.5, 0.6) is 0 Å². The first kappa shape index (κ1) is 16.9. The molecule has 0 spiro atoms. The van der Waals surface area contributed by atoms with Gasteiger partial charge in [-0.2, -0.15) is 0 Å². The molecule has 0 saturated heterocycles. The highest BCUT2D eigenvalue weighted by Crippen LogP contribution is 2.17. The van der Waals surface area contributed by atoms with Gasteiger partial charge >= 0.3 is 0 Å². The van der Waals surface area contributed by atoms with Gasteiger partial charge in [0.15, 0.2) is 5.78 Å². The van der Waals surface area contributed by atoms with Crippen molar-refractivity contribution < 1.29 is 9.53 Å². The standard InChI is InChI=1S/C17H27NO2/c1-12(2)18(7-8-20-6)11-16(19)17-14(4)9-13(3)10-15(17)5/h9-10,12H,7-8,11H2,1-6H3. The van der Waals surface area contributed by atoms with Crippen molar-refractivity contribution >= 4 is 5.78 Å². The third kappa shape index (κ3) is 4.43. The number of aryl methyl sites for hydroxylation is 3. The average molecular weight is 277 g/mol. The van der Waals surface area contributed by atoms with E-state index >= 15 is 0 Å². The van der Waals surface area contributed by atoms with Crippen molar-refractivity contribution in [2.45, 2.75) is 40.7 Å². The fourth-order valence-electron chi connectivity index (χ4n) is 2.61. The number of hydrogen-bond acceptors (Lipinski definition) is 3. The molecule has 0 bridgehead atoms. The molecule has 0 radical (unpaired) electrons. The van der Waals surface area contributed by atoms with Gasteiger partial charge < -0.3 is 4.74 Å². The number of methoxy groups -OCH3 is 1. The van der Waals surface area contributed by atoms with Gasteiger partial charge in [-0.3, -0.25) is 9.69 Å². The first-order valence-corrected chi connectivity index (χ1v) is 7.20. The molecule has 0 amide bonds. The van der Waals surface area contributed by atoms with E-state index < -0.39 is 0 Å². The molecular formula is C17H27NO2. The molecule has 0 fully saturated rings. The molecule has 0 aliphatic carbocycles. The van der Waals surface area contributed by atoms with Crippen LogP contribution in [-0.4, -0.2) is 43.5 Å². The van der Waals surface area contributed by atoms with E-state index in [4.69, 9.17) is 4.74 Å². The van der Waals surface area contributed by atoms with Gasteiger partial charge in [-0.25, -0.2) is 0 Å². The Morgan fingerprint density at radius 1 is 1.20 bits per heavy atom. The van der Waals surface area contributed by atoms with E-state index in [1.807, 2.05) is 13.8 Å². The maximum absolute atomic E-state index is 12.6. The van der Waals surface area contributed by atoms with Crippen LogP contribution in [0.1, 0.15) is 40.9 Å². The fourth-order valence-corrected chi connectivity index (χ4v) is 2.61. The summed E-state index contributed by atoms with van der Waals surface area (Å²) in [6, 6.07) is 4.49. The number of rotatable bonds is 7.